The van der Waals surface area contributed by atoms with Crippen LogP contribution in [-0.4, -0.2) is 28.9 Å². The van der Waals surface area contributed by atoms with E-state index in [2.05, 4.69) is 17.2 Å². The highest BCUT2D eigenvalue weighted by Crippen LogP contribution is 2.29. The molecule has 128 valence electrons. The molecule has 2 heterocycles. The fourth-order valence-corrected chi connectivity index (χ4v) is 3.69. The molecule has 0 unspecified atom stereocenters. The number of nitrogens with zero attached hydrogens (tertiary/aromatic N) is 2. The van der Waals surface area contributed by atoms with Crippen molar-refractivity contribution in [3.8, 4) is 0 Å². The van der Waals surface area contributed by atoms with E-state index in [4.69, 9.17) is 11.6 Å². The second kappa shape index (κ2) is 7.07. The zero-order valence-electron chi connectivity index (χ0n) is 13.6. The third kappa shape index (κ3) is 3.70. The first-order chi connectivity index (χ1) is 11.4. The number of likely N-dealkylation sites (tertiary alicyclic amines) is 1. The van der Waals surface area contributed by atoms with E-state index in [9.17, 15) is 9.18 Å². The molecule has 1 N–H and O–H groups in total. The minimum Gasteiger partial charge on any atom is -0.337 e. The Morgan fingerprint density at radius 2 is 2.12 bits per heavy atom. The predicted octanol–water partition coefficient (Wildman–Crippen LogP) is 4.86. The van der Waals surface area contributed by atoms with Gasteiger partial charge in [-0.1, -0.05) is 18.5 Å². The molecule has 0 aliphatic carbocycles. The van der Waals surface area contributed by atoms with Crippen molar-refractivity contribution < 1.29 is 9.18 Å². The summed E-state index contributed by atoms with van der Waals surface area (Å²) >= 11 is 7.10. The van der Waals surface area contributed by atoms with Crippen molar-refractivity contribution in [2.45, 2.75) is 26.7 Å². The van der Waals surface area contributed by atoms with Crippen molar-refractivity contribution in [2.75, 3.05) is 18.4 Å². The molecular formula is C17H19ClFN3OS. The van der Waals surface area contributed by atoms with Gasteiger partial charge in [-0.3, -0.25) is 4.79 Å². The van der Waals surface area contributed by atoms with Crippen molar-refractivity contribution in [3.63, 3.8) is 0 Å². The molecule has 1 amide bonds. The summed E-state index contributed by atoms with van der Waals surface area (Å²) in [5, 5.41) is 3.77. The molecule has 7 heteroatoms. The second-order valence-electron chi connectivity index (χ2n) is 6.15. The van der Waals surface area contributed by atoms with Gasteiger partial charge < -0.3 is 10.2 Å². The van der Waals surface area contributed by atoms with Gasteiger partial charge in [0.05, 0.1) is 5.69 Å². The van der Waals surface area contributed by atoms with E-state index in [0.717, 1.165) is 30.8 Å². The van der Waals surface area contributed by atoms with E-state index in [1.807, 2.05) is 11.8 Å². The summed E-state index contributed by atoms with van der Waals surface area (Å²) in [5.74, 6) is 0.171. The summed E-state index contributed by atoms with van der Waals surface area (Å²) in [4.78, 5) is 19.7. The molecule has 0 spiro atoms. The number of hydrogen-bond acceptors (Lipinski definition) is 4. The zero-order chi connectivity index (χ0) is 17.3. The smallest absolute Gasteiger partial charge is 0.273 e. The standard InChI is InChI=1S/C17H19ClFN3OS/c1-10-5-7-22(8-6-10)16(23)15-11(2)24-17(21-15)20-14-4-3-12(18)9-13(14)19/h3-4,9-10H,5-8H2,1-2H3,(H,20,21). The fourth-order valence-electron chi connectivity index (χ4n) is 2.72. The van der Waals surface area contributed by atoms with Gasteiger partial charge in [0.2, 0.25) is 0 Å². The second-order valence-corrected chi connectivity index (χ2v) is 7.79. The van der Waals surface area contributed by atoms with Crippen LogP contribution >= 0.6 is 22.9 Å². The number of piperidine rings is 1. The lowest BCUT2D eigenvalue weighted by Gasteiger charge is -2.29. The monoisotopic (exact) mass is 367 g/mol. The average Bonchev–Trinajstić information content (AvgIpc) is 2.91. The van der Waals surface area contributed by atoms with Crippen molar-refractivity contribution in [1.82, 2.24) is 9.88 Å². The van der Waals surface area contributed by atoms with Gasteiger partial charge in [-0.25, -0.2) is 9.37 Å². The van der Waals surface area contributed by atoms with Crippen LogP contribution in [0.4, 0.5) is 15.2 Å². The van der Waals surface area contributed by atoms with Crippen molar-refractivity contribution >= 4 is 39.7 Å². The third-order valence-electron chi connectivity index (χ3n) is 4.24. The van der Waals surface area contributed by atoms with Gasteiger partial charge in [0, 0.05) is 23.0 Å². The molecule has 2 aromatic rings. The van der Waals surface area contributed by atoms with Gasteiger partial charge in [-0.2, -0.15) is 0 Å². The number of aryl methyl sites for hydroxylation is 1. The normalized spacial score (nSPS) is 15.6. The van der Waals surface area contributed by atoms with Gasteiger partial charge in [0.15, 0.2) is 5.13 Å². The van der Waals surface area contributed by atoms with Gasteiger partial charge in [-0.15, -0.1) is 11.3 Å². The van der Waals surface area contributed by atoms with E-state index < -0.39 is 5.82 Å². The molecule has 1 aromatic heterocycles. The Morgan fingerprint density at radius 3 is 2.79 bits per heavy atom. The topological polar surface area (TPSA) is 45.2 Å². The Kier molecular flexibility index (Phi) is 5.06. The summed E-state index contributed by atoms with van der Waals surface area (Å²) in [5.41, 5.74) is 0.741. The summed E-state index contributed by atoms with van der Waals surface area (Å²) in [6.45, 7) is 5.61. The number of carbonyl (C=O) groups excluding carboxylic acids is 1. The van der Waals surface area contributed by atoms with Crippen LogP contribution in [0.15, 0.2) is 18.2 Å². The predicted molar refractivity (Wildman–Crippen MR) is 95.8 cm³/mol. The molecule has 1 aromatic carbocycles. The van der Waals surface area contributed by atoms with Crippen molar-refractivity contribution in [1.29, 1.82) is 0 Å². The highest BCUT2D eigenvalue weighted by atomic mass is 35.5. The van der Waals surface area contributed by atoms with Crippen LogP contribution < -0.4 is 5.32 Å². The lowest BCUT2D eigenvalue weighted by atomic mass is 9.99. The average molecular weight is 368 g/mol. The number of benzene rings is 1. The van der Waals surface area contributed by atoms with E-state index in [-0.39, 0.29) is 5.91 Å². The number of anilines is 2. The molecule has 0 bridgehead atoms. The van der Waals surface area contributed by atoms with E-state index >= 15 is 0 Å². The van der Waals surface area contributed by atoms with Crippen LogP contribution in [0.25, 0.3) is 0 Å². The summed E-state index contributed by atoms with van der Waals surface area (Å²) in [6.07, 6.45) is 2.05. The number of nitrogens with one attached hydrogen (secondary N) is 1. The third-order valence-corrected chi connectivity index (χ3v) is 5.36. The first kappa shape index (κ1) is 17.2. The minimum absolute atomic E-state index is 0.0414. The number of carbonyl (C=O) groups is 1. The molecule has 24 heavy (non-hydrogen) atoms. The molecule has 1 aliphatic rings. The Balaban J connectivity index is 1.76. The van der Waals surface area contributed by atoms with Crippen LogP contribution in [-0.2, 0) is 0 Å². The number of aromatic nitrogens is 1. The Morgan fingerprint density at radius 1 is 1.42 bits per heavy atom. The van der Waals surface area contributed by atoms with Crippen LogP contribution in [0.2, 0.25) is 5.02 Å². The van der Waals surface area contributed by atoms with Gasteiger partial charge >= 0.3 is 0 Å². The lowest BCUT2D eigenvalue weighted by Crippen LogP contribution is -2.38. The molecule has 0 atom stereocenters. The minimum atomic E-state index is -0.451. The molecule has 0 saturated carbocycles. The zero-order valence-corrected chi connectivity index (χ0v) is 15.2. The molecule has 4 nitrogen and oxygen atoms in total. The summed E-state index contributed by atoms with van der Waals surface area (Å²) in [7, 11) is 0. The van der Waals surface area contributed by atoms with Crippen molar-refractivity contribution in [2.24, 2.45) is 5.92 Å². The number of halogens is 2. The first-order valence-electron chi connectivity index (χ1n) is 7.93. The molecule has 0 radical (unpaired) electrons. The number of amides is 1. The Bertz CT molecular complexity index is 756. The van der Waals surface area contributed by atoms with Gasteiger partial charge in [-0.05, 0) is 43.9 Å². The fraction of sp³-hybridized carbons (Fsp3) is 0.412. The maximum absolute atomic E-state index is 13.9. The van der Waals surface area contributed by atoms with Crippen LogP contribution in [0.1, 0.15) is 35.1 Å². The SMILES string of the molecule is Cc1sc(Nc2ccc(Cl)cc2F)nc1C(=O)N1CCC(C)CC1. The maximum atomic E-state index is 13.9. The number of rotatable bonds is 3. The van der Waals surface area contributed by atoms with Crippen LogP contribution in [0.5, 0.6) is 0 Å². The summed E-state index contributed by atoms with van der Waals surface area (Å²) < 4.78 is 13.9. The number of hydrogen-bond donors (Lipinski definition) is 1. The van der Waals surface area contributed by atoms with E-state index in [1.165, 1.54) is 17.4 Å². The van der Waals surface area contributed by atoms with E-state index in [0.29, 0.717) is 27.5 Å². The quantitative estimate of drug-likeness (QED) is 0.842. The molecular weight excluding hydrogens is 349 g/mol. The molecule has 1 fully saturated rings. The van der Waals surface area contributed by atoms with Gasteiger partial charge in [0.25, 0.3) is 5.91 Å². The van der Waals surface area contributed by atoms with Crippen LogP contribution in [0.3, 0.4) is 0 Å². The number of thiazole rings is 1. The maximum Gasteiger partial charge on any atom is 0.273 e. The molecule has 1 saturated heterocycles. The van der Waals surface area contributed by atoms with Crippen molar-refractivity contribution in [3.05, 3.63) is 39.6 Å². The first-order valence-corrected chi connectivity index (χ1v) is 9.12. The Labute approximate surface area is 149 Å². The molecule has 1 aliphatic heterocycles. The van der Waals surface area contributed by atoms with Crippen LogP contribution in [0, 0.1) is 18.7 Å². The largest absolute Gasteiger partial charge is 0.337 e. The van der Waals surface area contributed by atoms with E-state index in [1.54, 1.807) is 12.1 Å². The van der Waals surface area contributed by atoms with Gasteiger partial charge in [0.1, 0.15) is 11.5 Å². The summed E-state index contributed by atoms with van der Waals surface area (Å²) in [6, 6.07) is 4.40. The highest BCUT2D eigenvalue weighted by Gasteiger charge is 2.25. The highest BCUT2D eigenvalue weighted by molar-refractivity contribution is 7.15. The molecule has 3 rings (SSSR count). The lowest BCUT2D eigenvalue weighted by molar-refractivity contribution is 0.0691. The Hall–Kier alpha value is -1.66.